The second-order valence-electron chi connectivity index (χ2n) is 2.70. The van der Waals surface area contributed by atoms with Crippen molar-refractivity contribution in [1.82, 2.24) is 0 Å². The number of nitrogens with two attached hydrogens (primary N) is 1. The molecule has 0 saturated carbocycles. The van der Waals surface area contributed by atoms with Crippen LogP contribution >= 0.6 is 11.6 Å². The van der Waals surface area contributed by atoms with Gasteiger partial charge < -0.3 is 10.5 Å². The number of rotatable bonds is 3. The second kappa shape index (κ2) is 5.11. The largest absolute Gasteiger partial charge is 0.391 e. The smallest absolute Gasteiger partial charge is 0.330 e. The number of esters is 2. The number of alkyl halides is 1. The highest BCUT2D eigenvalue weighted by molar-refractivity contribution is 6.27. The third-order valence-corrected chi connectivity index (χ3v) is 1.53. The summed E-state index contributed by atoms with van der Waals surface area (Å²) in [5.74, 6) is -1.88. The molecule has 12 heavy (non-hydrogen) atoms. The number of halogens is 1. The first-order chi connectivity index (χ1) is 5.49. The van der Waals surface area contributed by atoms with Gasteiger partial charge in [0, 0.05) is 0 Å². The maximum absolute atomic E-state index is 10.9. The zero-order chi connectivity index (χ0) is 9.72. The van der Waals surface area contributed by atoms with Crippen molar-refractivity contribution in [2.45, 2.75) is 19.9 Å². The van der Waals surface area contributed by atoms with Gasteiger partial charge >= 0.3 is 11.9 Å². The van der Waals surface area contributed by atoms with E-state index in [2.05, 4.69) is 4.74 Å². The molecular weight excluding hydrogens is 182 g/mol. The normalized spacial score (nSPS) is 12.8. The molecule has 0 aliphatic carbocycles. The van der Waals surface area contributed by atoms with Crippen LogP contribution in [0.25, 0.3) is 0 Å². The molecule has 70 valence electrons. The average Bonchev–Trinajstić information content (AvgIpc) is 2.02. The van der Waals surface area contributed by atoms with Gasteiger partial charge in [-0.2, -0.15) is 0 Å². The monoisotopic (exact) mass is 193 g/mol. The second-order valence-corrected chi connectivity index (χ2v) is 2.96. The van der Waals surface area contributed by atoms with E-state index in [9.17, 15) is 9.59 Å². The Morgan fingerprint density at radius 3 is 2.33 bits per heavy atom. The van der Waals surface area contributed by atoms with Crippen LogP contribution in [0.5, 0.6) is 0 Å². The average molecular weight is 194 g/mol. The van der Waals surface area contributed by atoms with E-state index in [0.717, 1.165) is 0 Å². The minimum Gasteiger partial charge on any atom is -0.391 e. The molecule has 0 aliphatic rings. The molecular formula is C7H12ClNO3. The number of carbonyl (C=O) groups is 2. The van der Waals surface area contributed by atoms with E-state index in [1.165, 1.54) is 0 Å². The summed E-state index contributed by atoms with van der Waals surface area (Å²) in [6.07, 6.45) is 0. The zero-order valence-electron chi connectivity index (χ0n) is 7.04. The molecule has 0 saturated heterocycles. The number of ether oxygens (including phenoxy) is 1. The van der Waals surface area contributed by atoms with Crippen molar-refractivity contribution in [1.29, 1.82) is 0 Å². The summed E-state index contributed by atoms with van der Waals surface area (Å²) in [5, 5.41) is 0. The van der Waals surface area contributed by atoms with Crippen LogP contribution in [0.15, 0.2) is 0 Å². The molecule has 1 atom stereocenters. The van der Waals surface area contributed by atoms with Gasteiger partial charge in [-0.05, 0) is 5.92 Å². The van der Waals surface area contributed by atoms with Gasteiger partial charge in [-0.15, -0.1) is 11.6 Å². The van der Waals surface area contributed by atoms with Crippen LogP contribution < -0.4 is 5.73 Å². The van der Waals surface area contributed by atoms with Gasteiger partial charge in [-0.1, -0.05) is 13.8 Å². The first-order valence-electron chi connectivity index (χ1n) is 3.55. The van der Waals surface area contributed by atoms with Crippen molar-refractivity contribution in [3.8, 4) is 0 Å². The van der Waals surface area contributed by atoms with E-state index in [1.807, 2.05) is 0 Å². The third-order valence-electron chi connectivity index (χ3n) is 1.31. The minimum absolute atomic E-state index is 0.0550. The predicted octanol–water partition coefficient (Wildman–Crippen LogP) is 0.278. The van der Waals surface area contributed by atoms with E-state index in [4.69, 9.17) is 17.3 Å². The molecule has 0 amide bonds. The number of carbonyl (C=O) groups excluding carboxylic acids is 2. The molecule has 0 heterocycles. The Morgan fingerprint density at radius 2 is 2.00 bits per heavy atom. The van der Waals surface area contributed by atoms with Gasteiger partial charge in [-0.25, -0.2) is 4.79 Å². The van der Waals surface area contributed by atoms with Gasteiger partial charge in [0.2, 0.25) is 0 Å². The number of hydrogen-bond acceptors (Lipinski definition) is 4. The lowest BCUT2D eigenvalue weighted by Gasteiger charge is -2.12. The van der Waals surface area contributed by atoms with Crippen molar-refractivity contribution in [2.24, 2.45) is 11.7 Å². The molecule has 0 aromatic rings. The molecule has 0 aromatic carbocycles. The lowest BCUT2D eigenvalue weighted by atomic mass is 10.1. The maximum Gasteiger partial charge on any atom is 0.330 e. The molecule has 5 heteroatoms. The molecule has 0 radical (unpaired) electrons. The Bertz CT molecular complexity index is 181. The van der Waals surface area contributed by atoms with Crippen LogP contribution in [0.4, 0.5) is 0 Å². The van der Waals surface area contributed by atoms with E-state index in [1.54, 1.807) is 13.8 Å². The summed E-state index contributed by atoms with van der Waals surface area (Å²) < 4.78 is 4.29. The summed E-state index contributed by atoms with van der Waals surface area (Å²) in [5.41, 5.74) is 5.39. The van der Waals surface area contributed by atoms with Gasteiger partial charge in [0.1, 0.15) is 11.9 Å². The Balaban J connectivity index is 3.96. The fourth-order valence-electron chi connectivity index (χ4n) is 0.480. The third kappa shape index (κ3) is 3.69. The van der Waals surface area contributed by atoms with Crippen molar-refractivity contribution in [3.63, 3.8) is 0 Å². The first kappa shape index (κ1) is 11.4. The van der Waals surface area contributed by atoms with E-state index in [-0.39, 0.29) is 11.8 Å². The van der Waals surface area contributed by atoms with Crippen LogP contribution in [-0.4, -0.2) is 23.9 Å². The fraction of sp³-hybridized carbons (Fsp3) is 0.714. The Hall–Kier alpha value is -0.610. The van der Waals surface area contributed by atoms with E-state index < -0.39 is 18.0 Å². The minimum atomic E-state index is -0.767. The summed E-state index contributed by atoms with van der Waals surface area (Å²) in [6.45, 7) is 3.52. The molecule has 0 fully saturated rings. The summed E-state index contributed by atoms with van der Waals surface area (Å²) in [4.78, 5) is 21.4. The topological polar surface area (TPSA) is 69.4 Å². The van der Waals surface area contributed by atoms with Crippen molar-refractivity contribution < 1.29 is 14.3 Å². The quantitative estimate of drug-likeness (QED) is 0.397. The van der Waals surface area contributed by atoms with Crippen molar-refractivity contribution >= 4 is 23.5 Å². The van der Waals surface area contributed by atoms with Crippen molar-refractivity contribution in [2.75, 3.05) is 5.88 Å². The lowest BCUT2D eigenvalue weighted by molar-refractivity contribution is -0.159. The molecule has 0 aliphatic heterocycles. The molecule has 0 aromatic heterocycles. The summed E-state index contributed by atoms with van der Waals surface area (Å²) >= 11 is 5.11. The SMILES string of the molecule is CC(C)[C@H](N)C(=O)OC(=O)CCl. The first-order valence-corrected chi connectivity index (χ1v) is 4.08. The van der Waals surface area contributed by atoms with E-state index in [0.29, 0.717) is 0 Å². The van der Waals surface area contributed by atoms with Gasteiger partial charge in [-0.3, -0.25) is 4.79 Å². The Kier molecular flexibility index (Phi) is 4.85. The molecule has 0 rings (SSSR count). The molecule has 0 unspecified atom stereocenters. The summed E-state index contributed by atoms with van der Waals surface area (Å²) in [6, 6.07) is -0.767. The van der Waals surface area contributed by atoms with Gasteiger partial charge in [0.25, 0.3) is 0 Å². The molecule has 4 nitrogen and oxygen atoms in total. The lowest BCUT2D eigenvalue weighted by Crippen LogP contribution is -2.38. The highest BCUT2D eigenvalue weighted by Crippen LogP contribution is 2.00. The van der Waals surface area contributed by atoms with Crippen LogP contribution in [0.1, 0.15) is 13.8 Å². The predicted molar refractivity (Wildman–Crippen MR) is 44.6 cm³/mol. The van der Waals surface area contributed by atoms with Crippen LogP contribution in [0, 0.1) is 5.92 Å². The van der Waals surface area contributed by atoms with E-state index >= 15 is 0 Å². The Morgan fingerprint density at radius 1 is 1.50 bits per heavy atom. The maximum atomic E-state index is 10.9. The zero-order valence-corrected chi connectivity index (χ0v) is 7.80. The highest BCUT2D eigenvalue weighted by atomic mass is 35.5. The highest BCUT2D eigenvalue weighted by Gasteiger charge is 2.20. The van der Waals surface area contributed by atoms with Gasteiger partial charge in [0.15, 0.2) is 0 Å². The standard InChI is InChI=1S/C7H12ClNO3/c1-4(2)6(9)7(11)12-5(10)3-8/h4,6H,3,9H2,1-2H3/t6-/m0/s1. The fourth-order valence-corrected chi connectivity index (χ4v) is 0.534. The molecule has 2 N–H and O–H groups in total. The molecule has 0 spiro atoms. The van der Waals surface area contributed by atoms with Crippen LogP contribution in [0.2, 0.25) is 0 Å². The van der Waals surface area contributed by atoms with Gasteiger partial charge in [0.05, 0.1) is 0 Å². The molecule has 0 bridgehead atoms. The Labute approximate surface area is 76.0 Å². The number of hydrogen-bond donors (Lipinski definition) is 1. The van der Waals surface area contributed by atoms with Crippen molar-refractivity contribution in [3.05, 3.63) is 0 Å². The van der Waals surface area contributed by atoms with Crippen LogP contribution in [-0.2, 0) is 14.3 Å². The summed E-state index contributed by atoms with van der Waals surface area (Å²) in [7, 11) is 0. The van der Waals surface area contributed by atoms with Crippen LogP contribution in [0.3, 0.4) is 0 Å².